The van der Waals surface area contributed by atoms with Gasteiger partial charge in [-0.3, -0.25) is 9.69 Å². The minimum absolute atomic E-state index is 0.145. The lowest BCUT2D eigenvalue weighted by molar-refractivity contribution is 0.0325. The number of aromatic amines is 1. The molecule has 2 aromatic heterocycles. The number of ether oxygens (including phenoxy) is 1. The van der Waals surface area contributed by atoms with Gasteiger partial charge in [0, 0.05) is 25.2 Å². The summed E-state index contributed by atoms with van der Waals surface area (Å²) < 4.78 is 6.82. The lowest BCUT2D eigenvalue weighted by Crippen LogP contribution is -2.41. The molecule has 1 amide bonds. The normalized spacial score (nSPS) is 24.6. The Kier molecular flexibility index (Phi) is 3.54. The first kappa shape index (κ1) is 14.3. The monoisotopic (exact) mass is 318 g/mol. The summed E-state index contributed by atoms with van der Waals surface area (Å²) in [5.74, 6) is 0.901. The fraction of sp³-hybridized carbons (Fsp3) is 0.615. The van der Waals surface area contributed by atoms with E-state index in [1.54, 1.807) is 6.92 Å². The number of aryl methyl sites for hydroxylation is 1. The summed E-state index contributed by atoms with van der Waals surface area (Å²) in [6, 6.07) is 0.568. The van der Waals surface area contributed by atoms with Crippen molar-refractivity contribution in [1.29, 1.82) is 0 Å². The van der Waals surface area contributed by atoms with Gasteiger partial charge in [0.2, 0.25) is 11.8 Å². The van der Waals surface area contributed by atoms with E-state index in [0.29, 0.717) is 17.8 Å². The van der Waals surface area contributed by atoms with E-state index in [9.17, 15) is 4.79 Å². The van der Waals surface area contributed by atoms with E-state index in [4.69, 9.17) is 4.74 Å². The van der Waals surface area contributed by atoms with Gasteiger partial charge in [-0.15, -0.1) is 5.10 Å². The zero-order chi connectivity index (χ0) is 15.8. The van der Waals surface area contributed by atoms with Crippen LogP contribution in [0.25, 0.3) is 5.95 Å². The SMILES string of the molecule is Cc1nc(C(=O)N[C@@H]2C[C@H]2N2CCOCC2)nn1-c1ncn[nH]1. The molecule has 1 saturated heterocycles. The molecule has 2 aliphatic rings. The van der Waals surface area contributed by atoms with Crippen LogP contribution < -0.4 is 5.32 Å². The van der Waals surface area contributed by atoms with E-state index < -0.39 is 0 Å². The van der Waals surface area contributed by atoms with Crippen LogP contribution in [0.4, 0.5) is 0 Å². The van der Waals surface area contributed by atoms with E-state index in [1.165, 1.54) is 11.0 Å². The molecule has 1 saturated carbocycles. The van der Waals surface area contributed by atoms with Gasteiger partial charge in [0.05, 0.1) is 13.2 Å². The van der Waals surface area contributed by atoms with Crippen LogP contribution in [0, 0.1) is 6.92 Å². The molecule has 4 rings (SSSR count). The Morgan fingerprint density at radius 2 is 2.26 bits per heavy atom. The molecule has 0 spiro atoms. The van der Waals surface area contributed by atoms with Gasteiger partial charge in [0.15, 0.2) is 0 Å². The van der Waals surface area contributed by atoms with Crippen molar-refractivity contribution in [3.8, 4) is 5.95 Å². The number of hydrogen-bond donors (Lipinski definition) is 2. The number of rotatable bonds is 4. The first-order valence-electron chi connectivity index (χ1n) is 7.64. The van der Waals surface area contributed by atoms with Crippen LogP contribution in [-0.4, -0.2) is 79.1 Å². The molecule has 10 nitrogen and oxygen atoms in total. The van der Waals surface area contributed by atoms with Crippen molar-refractivity contribution in [2.45, 2.75) is 25.4 Å². The molecular weight excluding hydrogens is 300 g/mol. The average molecular weight is 318 g/mol. The van der Waals surface area contributed by atoms with Gasteiger partial charge in [-0.05, 0) is 13.3 Å². The summed E-state index contributed by atoms with van der Waals surface area (Å²) in [6.45, 7) is 5.14. The molecular formula is C13H18N8O2. The number of carbonyl (C=O) groups excluding carboxylic acids is 1. The van der Waals surface area contributed by atoms with E-state index in [1.807, 2.05) is 0 Å². The summed E-state index contributed by atoms with van der Waals surface area (Å²) in [4.78, 5) is 22.9. The largest absolute Gasteiger partial charge is 0.379 e. The van der Waals surface area contributed by atoms with Crippen LogP contribution in [0.15, 0.2) is 6.33 Å². The van der Waals surface area contributed by atoms with Crippen LogP contribution in [0.1, 0.15) is 22.9 Å². The molecule has 0 bridgehead atoms. The summed E-state index contributed by atoms with van der Waals surface area (Å²) >= 11 is 0. The Morgan fingerprint density at radius 1 is 1.43 bits per heavy atom. The van der Waals surface area contributed by atoms with Gasteiger partial charge in [-0.1, -0.05) is 0 Å². The molecule has 2 atom stereocenters. The maximum absolute atomic E-state index is 12.3. The number of nitrogens with zero attached hydrogens (tertiary/aromatic N) is 6. The molecule has 2 N–H and O–H groups in total. The molecule has 2 fully saturated rings. The van der Waals surface area contributed by atoms with Crippen molar-refractivity contribution >= 4 is 5.91 Å². The van der Waals surface area contributed by atoms with Crippen LogP contribution in [0.2, 0.25) is 0 Å². The highest BCUT2D eigenvalue weighted by Gasteiger charge is 2.43. The molecule has 0 unspecified atom stereocenters. The highest BCUT2D eigenvalue weighted by molar-refractivity contribution is 5.90. The van der Waals surface area contributed by atoms with Crippen molar-refractivity contribution in [3.05, 3.63) is 18.0 Å². The predicted molar refractivity (Wildman–Crippen MR) is 78.1 cm³/mol. The number of H-pyrrole nitrogens is 1. The van der Waals surface area contributed by atoms with Gasteiger partial charge < -0.3 is 10.1 Å². The highest BCUT2D eigenvalue weighted by Crippen LogP contribution is 2.28. The van der Waals surface area contributed by atoms with Crippen LogP contribution in [0.3, 0.4) is 0 Å². The van der Waals surface area contributed by atoms with Crippen LogP contribution >= 0.6 is 0 Å². The standard InChI is InChI=1S/C13H18N8O2/c1-8-16-11(19-21(8)13-14-7-15-18-13)12(22)17-9-6-10(9)20-2-4-23-5-3-20/h7,9-10H,2-6H2,1H3,(H,17,22)(H,14,15,18)/t9-,10-/m1/s1. The maximum Gasteiger partial charge on any atom is 0.291 e. The van der Waals surface area contributed by atoms with Crippen molar-refractivity contribution < 1.29 is 9.53 Å². The Balaban J connectivity index is 1.39. The highest BCUT2D eigenvalue weighted by atomic mass is 16.5. The van der Waals surface area contributed by atoms with Gasteiger partial charge in [0.1, 0.15) is 12.2 Å². The molecule has 1 aliphatic carbocycles. The third-order valence-corrected chi connectivity index (χ3v) is 4.16. The Labute approximate surface area is 132 Å². The Bertz CT molecular complexity index is 691. The van der Waals surface area contributed by atoms with Gasteiger partial charge >= 0.3 is 0 Å². The zero-order valence-electron chi connectivity index (χ0n) is 12.8. The van der Waals surface area contributed by atoms with Crippen molar-refractivity contribution in [2.75, 3.05) is 26.3 Å². The molecule has 122 valence electrons. The summed E-state index contributed by atoms with van der Waals surface area (Å²) in [6.07, 6.45) is 2.35. The Morgan fingerprint density at radius 3 is 3.00 bits per heavy atom. The van der Waals surface area contributed by atoms with Gasteiger partial charge in [0.25, 0.3) is 5.91 Å². The topological polar surface area (TPSA) is 114 Å². The van der Waals surface area contributed by atoms with Crippen LogP contribution in [-0.2, 0) is 4.74 Å². The van der Waals surface area contributed by atoms with E-state index in [2.05, 4.69) is 35.5 Å². The third-order valence-electron chi connectivity index (χ3n) is 4.16. The number of morpholine rings is 1. The minimum atomic E-state index is -0.257. The summed E-state index contributed by atoms with van der Waals surface area (Å²) in [5, 5.41) is 13.7. The molecule has 0 aromatic carbocycles. The first-order chi connectivity index (χ1) is 11.2. The second kappa shape index (κ2) is 5.70. The number of aromatic nitrogens is 6. The van der Waals surface area contributed by atoms with Gasteiger partial charge in [-0.2, -0.15) is 14.8 Å². The van der Waals surface area contributed by atoms with E-state index in [-0.39, 0.29) is 17.8 Å². The van der Waals surface area contributed by atoms with Crippen molar-refractivity contribution in [1.82, 2.24) is 40.2 Å². The third kappa shape index (κ3) is 2.82. The first-order valence-corrected chi connectivity index (χ1v) is 7.64. The van der Waals surface area contributed by atoms with E-state index >= 15 is 0 Å². The van der Waals surface area contributed by atoms with Crippen LogP contribution in [0.5, 0.6) is 0 Å². The lowest BCUT2D eigenvalue weighted by atomic mass is 10.4. The molecule has 0 radical (unpaired) electrons. The Hall–Kier alpha value is -2.33. The lowest BCUT2D eigenvalue weighted by Gasteiger charge is -2.26. The number of carbonyl (C=O) groups is 1. The molecule has 23 heavy (non-hydrogen) atoms. The number of amides is 1. The molecule has 10 heteroatoms. The minimum Gasteiger partial charge on any atom is -0.379 e. The van der Waals surface area contributed by atoms with Crippen molar-refractivity contribution in [2.24, 2.45) is 0 Å². The summed E-state index contributed by atoms with van der Waals surface area (Å²) in [7, 11) is 0. The fourth-order valence-corrected chi connectivity index (χ4v) is 2.87. The fourth-order valence-electron chi connectivity index (χ4n) is 2.87. The van der Waals surface area contributed by atoms with Crippen molar-refractivity contribution in [3.63, 3.8) is 0 Å². The quantitative estimate of drug-likeness (QED) is 0.735. The smallest absolute Gasteiger partial charge is 0.291 e. The molecule has 3 heterocycles. The molecule has 1 aliphatic heterocycles. The average Bonchev–Trinajstić information content (AvgIpc) is 2.97. The summed E-state index contributed by atoms with van der Waals surface area (Å²) in [5.41, 5.74) is 0. The predicted octanol–water partition coefficient (Wildman–Crippen LogP) is -1.10. The second-order valence-corrected chi connectivity index (χ2v) is 5.73. The number of hydrogen-bond acceptors (Lipinski definition) is 7. The number of nitrogens with one attached hydrogen (secondary N) is 2. The van der Waals surface area contributed by atoms with Gasteiger partial charge in [-0.25, -0.2) is 10.1 Å². The zero-order valence-corrected chi connectivity index (χ0v) is 12.8. The van der Waals surface area contributed by atoms with E-state index in [0.717, 1.165) is 32.7 Å². The second-order valence-electron chi connectivity index (χ2n) is 5.73. The molecule has 2 aromatic rings. The maximum atomic E-state index is 12.3.